The molecule has 2 N–H and O–H groups in total. The summed E-state index contributed by atoms with van der Waals surface area (Å²) in [6.07, 6.45) is 3.15. The number of aliphatic imine (C=N–C) groups is 1. The number of hydrogen-bond donors (Lipinski definition) is 2. The topological polar surface area (TPSA) is 54.2 Å². The highest BCUT2D eigenvalue weighted by atomic mass is 32.2. The first kappa shape index (κ1) is 17.9. The van der Waals surface area contributed by atoms with Crippen molar-refractivity contribution in [3.63, 3.8) is 0 Å². The molecule has 0 spiro atoms. The lowest BCUT2D eigenvalue weighted by atomic mass is 10.2. The summed E-state index contributed by atoms with van der Waals surface area (Å²) in [5.74, 6) is 0.866. The van der Waals surface area contributed by atoms with Crippen molar-refractivity contribution in [2.75, 3.05) is 26.4 Å². The van der Waals surface area contributed by atoms with Gasteiger partial charge >= 0.3 is 0 Å². The summed E-state index contributed by atoms with van der Waals surface area (Å²) in [5.41, 5.74) is 2.30. The van der Waals surface area contributed by atoms with Gasteiger partial charge in [-0.3, -0.25) is 9.67 Å². The lowest BCUT2D eigenvalue weighted by Crippen LogP contribution is -2.43. The van der Waals surface area contributed by atoms with Gasteiger partial charge in [0.15, 0.2) is 5.96 Å². The molecule has 0 saturated heterocycles. The molecule has 6 heteroatoms. The molecule has 0 saturated carbocycles. The van der Waals surface area contributed by atoms with Crippen LogP contribution in [0.2, 0.25) is 0 Å². The second-order valence-electron chi connectivity index (χ2n) is 5.82. The lowest BCUT2D eigenvalue weighted by molar-refractivity contribution is 0.554. The van der Waals surface area contributed by atoms with Gasteiger partial charge in [-0.15, -0.1) is 0 Å². The van der Waals surface area contributed by atoms with Gasteiger partial charge in [0.1, 0.15) is 0 Å². The minimum absolute atomic E-state index is 0.210. The third-order valence-electron chi connectivity index (χ3n) is 3.40. The van der Waals surface area contributed by atoms with E-state index in [1.54, 1.807) is 0 Å². The summed E-state index contributed by atoms with van der Waals surface area (Å²) in [4.78, 5) is 4.25. The molecule has 1 heterocycles. The first-order valence-electron chi connectivity index (χ1n) is 7.38. The van der Waals surface area contributed by atoms with E-state index in [1.165, 1.54) is 5.69 Å². The Kier molecular flexibility index (Phi) is 7.08. The molecule has 120 valence electrons. The molecule has 5 nitrogen and oxygen atoms in total. The van der Waals surface area contributed by atoms with Gasteiger partial charge in [-0.2, -0.15) is 16.9 Å². The molecule has 1 rings (SSSR count). The lowest BCUT2D eigenvalue weighted by Gasteiger charge is -2.23. The fourth-order valence-corrected chi connectivity index (χ4v) is 2.14. The van der Waals surface area contributed by atoms with Gasteiger partial charge in [0, 0.05) is 37.1 Å². The van der Waals surface area contributed by atoms with Crippen molar-refractivity contribution < 1.29 is 0 Å². The third kappa shape index (κ3) is 6.42. The number of aromatic nitrogens is 2. The van der Waals surface area contributed by atoms with Crippen molar-refractivity contribution >= 4 is 17.7 Å². The van der Waals surface area contributed by atoms with Gasteiger partial charge in [0.25, 0.3) is 0 Å². The molecular weight excluding hydrogens is 282 g/mol. The molecule has 0 atom stereocenters. The Labute approximate surface area is 133 Å². The van der Waals surface area contributed by atoms with Crippen LogP contribution in [-0.2, 0) is 6.54 Å². The number of thioether (sulfide) groups is 1. The minimum atomic E-state index is 0.210. The highest BCUT2D eigenvalue weighted by Gasteiger charge is 2.15. The molecule has 0 aliphatic heterocycles. The highest BCUT2D eigenvalue weighted by molar-refractivity contribution is 7.99. The molecule has 0 amide bonds. The SMILES string of the molecule is CN=C(NCCCn1nc(C)cc1C)NCC(C)(C)SC. The minimum Gasteiger partial charge on any atom is -0.356 e. The molecule has 0 radical (unpaired) electrons. The molecule has 0 fully saturated rings. The average molecular weight is 311 g/mol. The molecule has 0 aromatic carbocycles. The Morgan fingerprint density at radius 3 is 2.62 bits per heavy atom. The first-order chi connectivity index (χ1) is 9.88. The number of hydrogen-bond acceptors (Lipinski definition) is 3. The van der Waals surface area contributed by atoms with Gasteiger partial charge in [-0.1, -0.05) is 0 Å². The number of nitrogens with one attached hydrogen (secondary N) is 2. The number of guanidine groups is 1. The molecule has 0 aliphatic rings. The Morgan fingerprint density at radius 2 is 2.10 bits per heavy atom. The number of aryl methyl sites for hydroxylation is 3. The van der Waals surface area contributed by atoms with E-state index in [-0.39, 0.29) is 4.75 Å². The summed E-state index contributed by atoms with van der Waals surface area (Å²) in [7, 11) is 1.81. The molecule has 1 aromatic heterocycles. The van der Waals surface area contributed by atoms with Crippen LogP contribution in [0.1, 0.15) is 31.7 Å². The maximum absolute atomic E-state index is 4.47. The smallest absolute Gasteiger partial charge is 0.191 e. The first-order valence-corrected chi connectivity index (χ1v) is 8.61. The van der Waals surface area contributed by atoms with Crippen molar-refractivity contribution in [1.82, 2.24) is 20.4 Å². The van der Waals surface area contributed by atoms with E-state index in [0.717, 1.165) is 37.7 Å². The predicted molar refractivity (Wildman–Crippen MR) is 93.3 cm³/mol. The van der Waals surface area contributed by atoms with Crippen LogP contribution in [0, 0.1) is 13.8 Å². The zero-order chi connectivity index (χ0) is 15.9. The Hall–Kier alpha value is -1.17. The molecular formula is C15H29N5S. The zero-order valence-electron chi connectivity index (χ0n) is 14.2. The predicted octanol–water partition coefficient (Wildman–Crippen LogP) is 2.20. The van der Waals surface area contributed by atoms with Crippen LogP contribution >= 0.6 is 11.8 Å². The van der Waals surface area contributed by atoms with Crippen LogP contribution in [0.4, 0.5) is 0 Å². The zero-order valence-corrected chi connectivity index (χ0v) is 15.0. The van der Waals surface area contributed by atoms with Crippen LogP contribution < -0.4 is 10.6 Å². The van der Waals surface area contributed by atoms with E-state index < -0.39 is 0 Å². The van der Waals surface area contributed by atoms with E-state index in [2.05, 4.69) is 58.5 Å². The van der Waals surface area contributed by atoms with E-state index >= 15 is 0 Å². The van der Waals surface area contributed by atoms with Gasteiger partial charge < -0.3 is 10.6 Å². The van der Waals surface area contributed by atoms with Gasteiger partial charge in [0.2, 0.25) is 0 Å². The fraction of sp³-hybridized carbons (Fsp3) is 0.733. The fourth-order valence-electron chi connectivity index (χ4n) is 1.93. The summed E-state index contributed by atoms with van der Waals surface area (Å²) < 4.78 is 2.27. The maximum Gasteiger partial charge on any atom is 0.191 e. The van der Waals surface area contributed by atoms with Gasteiger partial charge in [0.05, 0.1) is 5.69 Å². The second kappa shape index (κ2) is 8.32. The standard InChI is InChI=1S/C15H29N5S/c1-12-10-13(2)20(19-12)9-7-8-17-14(16-5)18-11-15(3,4)21-6/h10H,7-9,11H2,1-6H3,(H2,16,17,18). The molecule has 0 aliphatic carbocycles. The normalized spacial score (nSPS) is 12.6. The Bertz CT molecular complexity index is 465. The second-order valence-corrected chi connectivity index (χ2v) is 7.33. The molecule has 21 heavy (non-hydrogen) atoms. The summed E-state index contributed by atoms with van der Waals surface area (Å²) >= 11 is 1.85. The Balaban J connectivity index is 2.28. The monoisotopic (exact) mass is 311 g/mol. The van der Waals surface area contributed by atoms with Gasteiger partial charge in [-0.25, -0.2) is 0 Å². The van der Waals surface area contributed by atoms with Gasteiger partial charge in [-0.05, 0) is 46.4 Å². The van der Waals surface area contributed by atoms with Crippen LogP contribution in [0.3, 0.4) is 0 Å². The van der Waals surface area contributed by atoms with Crippen LogP contribution in [0.5, 0.6) is 0 Å². The van der Waals surface area contributed by atoms with Crippen molar-refractivity contribution in [3.05, 3.63) is 17.5 Å². The molecule has 0 unspecified atom stereocenters. The Morgan fingerprint density at radius 1 is 1.38 bits per heavy atom. The van der Waals surface area contributed by atoms with Crippen LogP contribution in [0.25, 0.3) is 0 Å². The number of nitrogens with zero attached hydrogens (tertiary/aromatic N) is 3. The summed E-state index contributed by atoms with van der Waals surface area (Å²) in [5, 5.41) is 11.2. The largest absolute Gasteiger partial charge is 0.356 e. The van der Waals surface area contributed by atoms with E-state index in [9.17, 15) is 0 Å². The average Bonchev–Trinajstić information content (AvgIpc) is 2.76. The van der Waals surface area contributed by atoms with E-state index in [0.29, 0.717) is 0 Å². The third-order valence-corrected chi connectivity index (χ3v) is 4.65. The van der Waals surface area contributed by atoms with Crippen molar-refractivity contribution in [3.8, 4) is 0 Å². The van der Waals surface area contributed by atoms with Crippen molar-refractivity contribution in [2.45, 2.75) is 45.4 Å². The molecule has 0 bridgehead atoms. The van der Waals surface area contributed by atoms with E-state index in [4.69, 9.17) is 0 Å². The maximum atomic E-state index is 4.47. The quantitative estimate of drug-likeness (QED) is 0.460. The van der Waals surface area contributed by atoms with Crippen molar-refractivity contribution in [2.24, 2.45) is 4.99 Å². The highest BCUT2D eigenvalue weighted by Crippen LogP contribution is 2.19. The summed E-state index contributed by atoms with van der Waals surface area (Å²) in [6.45, 7) is 11.3. The van der Waals surface area contributed by atoms with Crippen LogP contribution in [-0.4, -0.2) is 46.9 Å². The summed E-state index contributed by atoms with van der Waals surface area (Å²) in [6, 6.07) is 2.11. The number of rotatable bonds is 7. The van der Waals surface area contributed by atoms with E-state index in [1.807, 2.05) is 25.7 Å². The van der Waals surface area contributed by atoms with Crippen molar-refractivity contribution in [1.29, 1.82) is 0 Å². The molecule has 1 aromatic rings. The van der Waals surface area contributed by atoms with Crippen LogP contribution in [0.15, 0.2) is 11.1 Å².